The zero-order chi connectivity index (χ0) is 13.4. The summed E-state index contributed by atoms with van der Waals surface area (Å²) in [5.74, 6) is 0.981. The van der Waals surface area contributed by atoms with Gasteiger partial charge < -0.3 is 5.32 Å². The molecule has 1 N–H and O–H groups in total. The van der Waals surface area contributed by atoms with E-state index in [1.807, 2.05) is 38.2 Å². The number of nitrogens with one attached hydrogen (secondary N) is 1. The van der Waals surface area contributed by atoms with Gasteiger partial charge in [-0.15, -0.1) is 11.8 Å². The Labute approximate surface area is 119 Å². The van der Waals surface area contributed by atoms with E-state index in [0.717, 1.165) is 34.9 Å². The molecule has 1 aromatic rings. The SMILES string of the molecule is CCC(C#N)(CCCSc1ccccc1Cl)NC. The number of benzene rings is 1. The summed E-state index contributed by atoms with van der Waals surface area (Å²) in [5.41, 5.74) is -0.374. The monoisotopic (exact) mass is 282 g/mol. The van der Waals surface area contributed by atoms with Crippen molar-refractivity contribution in [3.05, 3.63) is 29.3 Å². The molecule has 0 aliphatic heterocycles. The van der Waals surface area contributed by atoms with Gasteiger partial charge in [-0.25, -0.2) is 0 Å². The molecule has 4 heteroatoms. The molecule has 0 amide bonds. The number of thioether (sulfide) groups is 1. The van der Waals surface area contributed by atoms with Crippen molar-refractivity contribution in [2.45, 2.75) is 36.6 Å². The van der Waals surface area contributed by atoms with E-state index in [9.17, 15) is 5.26 Å². The molecule has 0 saturated heterocycles. The number of rotatable bonds is 7. The van der Waals surface area contributed by atoms with Crippen LogP contribution in [0.2, 0.25) is 5.02 Å². The number of hydrogen-bond acceptors (Lipinski definition) is 3. The van der Waals surface area contributed by atoms with Crippen molar-refractivity contribution in [3.8, 4) is 6.07 Å². The summed E-state index contributed by atoms with van der Waals surface area (Å²) in [4.78, 5) is 1.11. The van der Waals surface area contributed by atoms with Gasteiger partial charge in [0.05, 0.1) is 11.1 Å². The van der Waals surface area contributed by atoms with E-state index in [0.29, 0.717) is 0 Å². The second-order valence-electron chi connectivity index (χ2n) is 4.18. The van der Waals surface area contributed by atoms with Crippen LogP contribution in [0.15, 0.2) is 29.2 Å². The molecule has 0 aliphatic carbocycles. The minimum Gasteiger partial charge on any atom is -0.302 e. The van der Waals surface area contributed by atoms with E-state index in [1.165, 1.54) is 0 Å². The highest BCUT2D eigenvalue weighted by Gasteiger charge is 2.24. The average molecular weight is 283 g/mol. The maximum absolute atomic E-state index is 9.20. The molecule has 0 spiro atoms. The predicted molar refractivity (Wildman–Crippen MR) is 79.1 cm³/mol. The summed E-state index contributed by atoms with van der Waals surface area (Å²) in [7, 11) is 1.86. The minimum atomic E-state index is -0.374. The molecule has 0 heterocycles. The molecule has 0 bridgehead atoms. The van der Waals surface area contributed by atoms with Crippen LogP contribution in [0.5, 0.6) is 0 Å². The molecule has 0 fully saturated rings. The summed E-state index contributed by atoms with van der Waals surface area (Å²) < 4.78 is 0. The molecular formula is C14H19ClN2S. The van der Waals surface area contributed by atoms with Crippen molar-refractivity contribution < 1.29 is 0 Å². The van der Waals surface area contributed by atoms with E-state index in [1.54, 1.807) is 11.8 Å². The summed E-state index contributed by atoms with van der Waals surface area (Å²) in [6.45, 7) is 2.04. The minimum absolute atomic E-state index is 0.374. The maximum Gasteiger partial charge on any atom is 0.106 e. The zero-order valence-electron chi connectivity index (χ0n) is 10.9. The fraction of sp³-hybridized carbons (Fsp3) is 0.500. The topological polar surface area (TPSA) is 35.8 Å². The number of hydrogen-bond donors (Lipinski definition) is 1. The van der Waals surface area contributed by atoms with Crippen molar-refractivity contribution >= 4 is 23.4 Å². The van der Waals surface area contributed by atoms with Gasteiger partial charge in [-0.05, 0) is 44.2 Å². The first-order valence-corrected chi connectivity index (χ1v) is 7.51. The van der Waals surface area contributed by atoms with Crippen LogP contribution in [0.1, 0.15) is 26.2 Å². The Morgan fingerprint density at radius 1 is 1.44 bits per heavy atom. The highest BCUT2D eigenvalue weighted by molar-refractivity contribution is 7.99. The van der Waals surface area contributed by atoms with Crippen LogP contribution in [0.25, 0.3) is 0 Å². The number of halogens is 1. The molecule has 1 aromatic carbocycles. The van der Waals surface area contributed by atoms with Crippen LogP contribution in [-0.2, 0) is 0 Å². The molecule has 1 atom stereocenters. The van der Waals surface area contributed by atoms with E-state index >= 15 is 0 Å². The number of nitriles is 1. The summed E-state index contributed by atoms with van der Waals surface area (Å²) >= 11 is 7.84. The normalized spacial score (nSPS) is 13.9. The van der Waals surface area contributed by atoms with Crippen LogP contribution in [0.3, 0.4) is 0 Å². The lowest BCUT2D eigenvalue weighted by atomic mass is 9.93. The molecule has 0 saturated carbocycles. The van der Waals surface area contributed by atoms with Crippen molar-refractivity contribution in [2.75, 3.05) is 12.8 Å². The second-order valence-corrected chi connectivity index (χ2v) is 5.72. The number of nitrogens with zero attached hydrogens (tertiary/aromatic N) is 1. The first-order chi connectivity index (χ1) is 8.67. The Bertz CT molecular complexity index is 411. The van der Waals surface area contributed by atoms with Crippen molar-refractivity contribution in [3.63, 3.8) is 0 Å². The van der Waals surface area contributed by atoms with E-state index in [-0.39, 0.29) is 5.54 Å². The van der Waals surface area contributed by atoms with Gasteiger partial charge in [-0.3, -0.25) is 0 Å². The lowest BCUT2D eigenvalue weighted by Gasteiger charge is -2.24. The summed E-state index contributed by atoms with van der Waals surface area (Å²) in [6, 6.07) is 10.2. The average Bonchev–Trinajstić information content (AvgIpc) is 2.42. The Hall–Kier alpha value is -0.690. The third-order valence-electron chi connectivity index (χ3n) is 3.14. The van der Waals surface area contributed by atoms with Gasteiger partial charge in [0.2, 0.25) is 0 Å². The Morgan fingerprint density at radius 3 is 2.72 bits per heavy atom. The third kappa shape index (κ3) is 4.20. The zero-order valence-corrected chi connectivity index (χ0v) is 12.4. The molecule has 0 aromatic heterocycles. The quantitative estimate of drug-likeness (QED) is 0.604. The molecule has 1 unspecified atom stereocenters. The van der Waals surface area contributed by atoms with Crippen molar-refractivity contribution in [1.82, 2.24) is 5.32 Å². The van der Waals surface area contributed by atoms with Crippen molar-refractivity contribution in [1.29, 1.82) is 5.26 Å². The Kier molecular flexibility index (Phi) is 6.56. The lowest BCUT2D eigenvalue weighted by Crippen LogP contribution is -2.40. The van der Waals surface area contributed by atoms with E-state index in [4.69, 9.17) is 11.6 Å². The fourth-order valence-electron chi connectivity index (χ4n) is 1.79. The van der Waals surface area contributed by atoms with Crippen LogP contribution in [-0.4, -0.2) is 18.3 Å². The highest BCUT2D eigenvalue weighted by atomic mass is 35.5. The third-order valence-corrected chi connectivity index (χ3v) is 4.74. The standard InChI is InChI=1S/C14H19ClN2S/c1-3-14(11-16,17-2)9-6-10-18-13-8-5-4-7-12(13)15/h4-5,7-8,17H,3,6,9-10H2,1-2H3. The largest absolute Gasteiger partial charge is 0.302 e. The molecule has 2 nitrogen and oxygen atoms in total. The first-order valence-electron chi connectivity index (χ1n) is 6.15. The van der Waals surface area contributed by atoms with E-state index in [2.05, 4.69) is 11.4 Å². The van der Waals surface area contributed by atoms with Crippen LogP contribution < -0.4 is 5.32 Å². The predicted octanol–water partition coefficient (Wildman–Crippen LogP) is 4.10. The summed E-state index contributed by atoms with van der Waals surface area (Å²) in [6.07, 6.45) is 2.70. The van der Waals surface area contributed by atoms with Gasteiger partial charge in [-0.2, -0.15) is 5.26 Å². The van der Waals surface area contributed by atoms with Gasteiger partial charge in [-0.1, -0.05) is 30.7 Å². The van der Waals surface area contributed by atoms with Crippen LogP contribution >= 0.6 is 23.4 Å². The molecule has 98 valence electrons. The molecule has 0 radical (unpaired) electrons. The van der Waals surface area contributed by atoms with Crippen LogP contribution in [0, 0.1) is 11.3 Å². The van der Waals surface area contributed by atoms with Gasteiger partial charge in [0.1, 0.15) is 5.54 Å². The van der Waals surface area contributed by atoms with Crippen molar-refractivity contribution in [2.24, 2.45) is 0 Å². The van der Waals surface area contributed by atoms with Gasteiger partial charge in [0, 0.05) is 4.90 Å². The summed E-state index contributed by atoms with van der Waals surface area (Å²) in [5, 5.41) is 13.1. The van der Waals surface area contributed by atoms with Crippen LogP contribution in [0.4, 0.5) is 0 Å². The Balaban J connectivity index is 2.40. The van der Waals surface area contributed by atoms with Gasteiger partial charge >= 0.3 is 0 Å². The molecule has 1 rings (SSSR count). The Morgan fingerprint density at radius 2 is 2.17 bits per heavy atom. The maximum atomic E-state index is 9.20. The highest BCUT2D eigenvalue weighted by Crippen LogP contribution is 2.28. The molecule has 18 heavy (non-hydrogen) atoms. The van der Waals surface area contributed by atoms with E-state index < -0.39 is 0 Å². The molecular weight excluding hydrogens is 264 g/mol. The lowest BCUT2D eigenvalue weighted by molar-refractivity contribution is 0.400. The first kappa shape index (κ1) is 15.4. The van der Waals surface area contributed by atoms with Gasteiger partial charge in [0.25, 0.3) is 0 Å². The van der Waals surface area contributed by atoms with Gasteiger partial charge in [0.15, 0.2) is 0 Å². The molecule has 0 aliphatic rings. The fourth-order valence-corrected chi connectivity index (χ4v) is 2.98. The second kappa shape index (κ2) is 7.68. The smallest absolute Gasteiger partial charge is 0.106 e.